The van der Waals surface area contributed by atoms with E-state index in [2.05, 4.69) is 10.1 Å². The summed E-state index contributed by atoms with van der Waals surface area (Å²) in [6.07, 6.45) is 3.54. The molecule has 6 nitrogen and oxygen atoms in total. The zero-order valence-corrected chi connectivity index (χ0v) is 9.77. The first-order chi connectivity index (χ1) is 8.13. The highest BCUT2D eigenvalue weighted by atomic mass is 16.5. The van der Waals surface area contributed by atoms with E-state index in [1.54, 1.807) is 0 Å². The third kappa shape index (κ3) is 2.25. The molecule has 0 aromatic rings. The van der Waals surface area contributed by atoms with Crippen LogP contribution in [0.5, 0.6) is 0 Å². The molecule has 17 heavy (non-hydrogen) atoms. The molecule has 94 valence electrons. The lowest BCUT2D eigenvalue weighted by Gasteiger charge is -2.42. The average Bonchev–Trinajstić information content (AvgIpc) is 2.34. The number of fused-ring (bicyclic) bond motifs is 1. The predicted molar refractivity (Wildman–Crippen MR) is 58.0 cm³/mol. The maximum atomic E-state index is 11.7. The molecule has 1 N–H and O–H groups in total. The molecular formula is C11H16N2O4. The number of nitrogens with one attached hydrogen (secondary N) is 1. The smallest absolute Gasteiger partial charge is 0.325 e. The van der Waals surface area contributed by atoms with E-state index in [4.69, 9.17) is 0 Å². The number of amides is 3. The van der Waals surface area contributed by atoms with Gasteiger partial charge < -0.3 is 9.64 Å². The molecule has 2 rings (SSSR count). The normalized spacial score (nSPS) is 28.4. The number of urea groups is 1. The van der Waals surface area contributed by atoms with Crippen molar-refractivity contribution in [3.8, 4) is 0 Å². The second-order valence-electron chi connectivity index (χ2n) is 4.46. The minimum atomic E-state index is -0.483. The molecule has 6 heteroatoms. The number of methoxy groups -OCH3 is 1. The number of imide groups is 1. The van der Waals surface area contributed by atoms with Crippen LogP contribution in [0.1, 0.15) is 25.7 Å². The number of hydrogen-bond acceptors (Lipinski definition) is 4. The van der Waals surface area contributed by atoms with Crippen molar-refractivity contribution in [2.45, 2.75) is 31.7 Å². The van der Waals surface area contributed by atoms with Crippen LogP contribution in [0.15, 0.2) is 0 Å². The highest BCUT2D eigenvalue weighted by Crippen LogP contribution is 2.31. The van der Waals surface area contributed by atoms with E-state index in [0.717, 1.165) is 25.7 Å². The van der Waals surface area contributed by atoms with Crippen LogP contribution >= 0.6 is 0 Å². The molecule has 0 aromatic heterocycles. The Morgan fingerprint density at radius 3 is 2.82 bits per heavy atom. The van der Waals surface area contributed by atoms with Crippen LogP contribution in [0, 0.1) is 5.92 Å². The van der Waals surface area contributed by atoms with E-state index < -0.39 is 12.0 Å². The van der Waals surface area contributed by atoms with E-state index in [1.807, 2.05) is 0 Å². The van der Waals surface area contributed by atoms with Crippen molar-refractivity contribution in [2.24, 2.45) is 5.92 Å². The van der Waals surface area contributed by atoms with Gasteiger partial charge in [-0.25, -0.2) is 4.79 Å². The quantitative estimate of drug-likeness (QED) is 0.703. The third-order valence-corrected chi connectivity index (χ3v) is 3.48. The average molecular weight is 240 g/mol. The van der Waals surface area contributed by atoms with Gasteiger partial charge in [0.2, 0.25) is 5.91 Å². The van der Waals surface area contributed by atoms with Crippen molar-refractivity contribution in [1.82, 2.24) is 10.2 Å². The summed E-state index contributed by atoms with van der Waals surface area (Å²) in [7, 11) is 1.29. The van der Waals surface area contributed by atoms with Gasteiger partial charge in [-0.15, -0.1) is 0 Å². The summed E-state index contributed by atoms with van der Waals surface area (Å²) in [6.45, 7) is -0.0865. The van der Waals surface area contributed by atoms with Crippen molar-refractivity contribution in [3.05, 3.63) is 0 Å². The minimum Gasteiger partial charge on any atom is -0.468 e. The zero-order valence-electron chi connectivity index (χ0n) is 9.77. The van der Waals surface area contributed by atoms with Crippen molar-refractivity contribution in [1.29, 1.82) is 0 Å². The standard InChI is InChI=1S/C11H16N2O4/c1-17-9(14)6-13-8-5-3-2-4-7(8)10(15)12-11(13)16/h7-8H,2-6H2,1H3,(H,12,15,16). The van der Waals surface area contributed by atoms with Gasteiger partial charge in [-0.1, -0.05) is 12.8 Å². The molecule has 2 unspecified atom stereocenters. The molecule has 0 spiro atoms. The molecular weight excluding hydrogens is 224 g/mol. The third-order valence-electron chi connectivity index (χ3n) is 3.48. The molecule has 2 atom stereocenters. The van der Waals surface area contributed by atoms with Crippen LogP contribution in [0.25, 0.3) is 0 Å². The number of ether oxygens (including phenoxy) is 1. The Bertz CT molecular complexity index is 355. The molecule has 2 fully saturated rings. The molecule has 1 heterocycles. The molecule has 0 radical (unpaired) electrons. The highest BCUT2D eigenvalue weighted by molar-refractivity contribution is 5.99. The number of hydrogen-bond donors (Lipinski definition) is 1. The second kappa shape index (κ2) is 4.73. The summed E-state index contributed by atoms with van der Waals surface area (Å²) in [5.41, 5.74) is 0. The summed E-state index contributed by atoms with van der Waals surface area (Å²) in [6, 6.07) is -0.632. The molecule has 0 aromatic carbocycles. The first kappa shape index (κ1) is 11.9. The Kier molecular flexibility index (Phi) is 3.31. The molecule has 0 bridgehead atoms. The van der Waals surface area contributed by atoms with Crippen LogP contribution in [0.4, 0.5) is 4.79 Å². The van der Waals surface area contributed by atoms with E-state index in [0.29, 0.717) is 0 Å². The molecule has 1 aliphatic carbocycles. The summed E-state index contributed by atoms with van der Waals surface area (Å²) in [5.74, 6) is -0.842. The van der Waals surface area contributed by atoms with Crippen molar-refractivity contribution < 1.29 is 19.1 Å². The summed E-state index contributed by atoms with van der Waals surface area (Å²) < 4.78 is 4.56. The van der Waals surface area contributed by atoms with E-state index >= 15 is 0 Å². The number of carbonyl (C=O) groups excluding carboxylic acids is 3. The van der Waals surface area contributed by atoms with Gasteiger partial charge in [0, 0.05) is 6.04 Å². The van der Waals surface area contributed by atoms with Gasteiger partial charge in [-0.3, -0.25) is 14.9 Å². The van der Waals surface area contributed by atoms with Crippen molar-refractivity contribution >= 4 is 17.9 Å². The van der Waals surface area contributed by atoms with E-state index in [1.165, 1.54) is 12.0 Å². The lowest BCUT2D eigenvalue weighted by Crippen LogP contribution is -2.61. The first-order valence-corrected chi connectivity index (χ1v) is 5.81. The van der Waals surface area contributed by atoms with Crippen LogP contribution < -0.4 is 5.32 Å². The first-order valence-electron chi connectivity index (χ1n) is 5.81. The largest absolute Gasteiger partial charge is 0.468 e. The minimum absolute atomic E-state index is 0.0865. The maximum absolute atomic E-state index is 11.7. The van der Waals surface area contributed by atoms with Crippen LogP contribution in [-0.4, -0.2) is 42.5 Å². The second-order valence-corrected chi connectivity index (χ2v) is 4.46. The van der Waals surface area contributed by atoms with Gasteiger partial charge in [-0.05, 0) is 12.8 Å². The van der Waals surface area contributed by atoms with Gasteiger partial charge in [-0.2, -0.15) is 0 Å². The fourth-order valence-corrected chi connectivity index (χ4v) is 2.60. The lowest BCUT2D eigenvalue weighted by atomic mass is 9.82. The van der Waals surface area contributed by atoms with Crippen molar-refractivity contribution in [2.75, 3.05) is 13.7 Å². The zero-order chi connectivity index (χ0) is 12.4. The molecule has 1 aliphatic heterocycles. The Labute approximate surface area is 99.3 Å². The summed E-state index contributed by atoms with van der Waals surface area (Å²) in [5, 5.41) is 2.30. The number of carbonyl (C=O) groups is 3. The Morgan fingerprint density at radius 1 is 1.41 bits per heavy atom. The Hall–Kier alpha value is -1.59. The van der Waals surface area contributed by atoms with Crippen LogP contribution in [0.3, 0.4) is 0 Å². The molecule has 2 aliphatic rings. The lowest BCUT2D eigenvalue weighted by molar-refractivity contribution is -0.144. The van der Waals surface area contributed by atoms with E-state index in [-0.39, 0.29) is 24.4 Å². The van der Waals surface area contributed by atoms with Gasteiger partial charge in [0.15, 0.2) is 0 Å². The van der Waals surface area contributed by atoms with Crippen LogP contribution in [0.2, 0.25) is 0 Å². The Balaban J connectivity index is 2.14. The SMILES string of the molecule is COC(=O)CN1C(=O)NC(=O)C2CCCCC21. The van der Waals surface area contributed by atoms with Gasteiger partial charge in [0.25, 0.3) is 0 Å². The molecule has 1 saturated carbocycles. The highest BCUT2D eigenvalue weighted by Gasteiger charge is 2.42. The number of esters is 1. The van der Waals surface area contributed by atoms with Gasteiger partial charge in [0.1, 0.15) is 6.54 Å². The summed E-state index contributed by atoms with van der Waals surface area (Å²) in [4.78, 5) is 36.0. The maximum Gasteiger partial charge on any atom is 0.325 e. The topological polar surface area (TPSA) is 75.7 Å². The molecule has 3 amide bonds. The predicted octanol–water partition coefficient (Wildman–Crippen LogP) is 0.270. The fraction of sp³-hybridized carbons (Fsp3) is 0.727. The number of nitrogens with zero attached hydrogens (tertiary/aromatic N) is 1. The van der Waals surface area contributed by atoms with Crippen molar-refractivity contribution in [3.63, 3.8) is 0 Å². The monoisotopic (exact) mass is 240 g/mol. The number of rotatable bonds is 2. The van der Waals surface area contributed by atoms with Crippen LogP contribution in [-0.2, 0) is 14.3 Å². The van der Waals surface area contributed by atoms with Gasteiger partial charge in [0.05, 0.1) is 13.0 Å². The molecule has 1 saturated heterocycles. The summed E-state index contributed by atoms with van der Waals surface area (Å²) >= 11 is 0. The van der Waals surface area contributed by atoms with Gasteiger partial charge >= 0.3 is 12.0 Å². The Morgan fingerprint density at radius 2 is 2.12 bits per heavy atom. The fourth-order valence-electron chi connectivity index (χ4n) is 2.60. The van der Waals surface area contributed by atoms with E-state index in [9.17, 15) is 14.4 Å².